The molecule has 0 saturated carbocycles. The van der Waals surface area contributed by atoms with Crippen molar-refractivity contribution in [2.45, 2.75) is 4.90 Å². The van der Waals surface area contributed by atoms with Gasteiger partial charge in [0.25, 0.3) is 5.56 Å². The second-order valence-corrected chi connectivity index (χ2v) is 9.11. The van der Waals surface area contributed by atoms with Crippen LogP contribution < -0.4 is 11.2 Å². The van der Waals surface area contributed by atoms with Crippen LogP contribution in [0.3, 0.4) is 0 Å². The van der Waals surface area contributed by atoms with E-state index in [0.29, 0.717) is 5.52 Å². The Hall–Kier alpha value is -3.49. The van der Waals surface area contributed by atoms with Gasteiger partial charge in [0.15, 0.2) is 0 Å². The normalized spacial score (nSPS) is 15.0. The van der Waals surface area contributed by atoms with Crippen LogP contribution in [0.2, 0.25) is 0 Å². The molecule has 0 saturated heterocycles. The maximum atomic E-state index is 13.2. The number of sulfonamides is 1. The first-order valence-electron chi connectivity index (χ1n) is 9.37. The SMILES string of the molecule is O=c1[nH]c(=O)c2cc(S(=O)(=O)N3CC=C(c4cccc5ccccc45)C3)ccc2[nH]1. The molecule has 2 heterocycles. The van der Waals surface area contributed by atoms with Gasteiger partial charge in [-0.05, 0) is 40.1 Å². The molecule has 0 amide bonds. The van der Waals surface area contributed by atoms with Crippen molar-refractivity contribution in [1.82, 2.24) is 14.3 Å². The zero-order chi connectivity index (χ0) is 20.9. The van der Waals surface area contributed by atoms with Crippen molar-refractivity contribution >= 4 is 37.3 Å². The van der Waals surface area contributed by atoms with Crippen molar-refractivity contribution in [2.24, 2.45) is 0 Å². The molecule has 3 aromatic carbocycles. The summed E-state index contributed by atoms with van der Waals surface area (Å²) in [5.74, 6) is 0. The Kier molecular flexibility index (Phi) is 4.19. The van der Waals surface area contributed by atoms with Crippen LogP contribution in [-0.2, 0) is 10.0 Å². The van der Waals surface area contributed by atoms with Crippen LogP contribution in [0.4, 0.5) is 0 Å². The minimum atomic E-state index is -3.81. The Labute approximate surface area is 171 Å². The fourth-order valence-corrected chi connectivity index (χ4v) is 5.25. The molecule has 30 heavy (non-hydrogen) atoms. The predicted molar refractivity (Wildman–Crippen MR) is 116 cm³/mol. The number of hydrogen-bond acceptors (Lipinski definition) is 4. The summed E-state index contributed by atoms with van der Waals surface area (Å²) in [5.41, 5.74) is 0.990. The topological polar surface area (TPSA) is 103 Å². The average molecular weight is 419 g/mol. The van der Waals surface area contributed by atoms with E-state index in [2.05, 4.69) is 9.97 Å². The molecule has 150 valence electrons. The molecule has 0 bridgehead atoms. The number of hydrogen-bond donors (Lipinski definition) is 2. The lowest BCUT2D eigenvalue weighted by atomic mass is 9.99. The summed E-state index contributed by atoms with van der Waals surface area (Å²) in [7, 11) is -3.81. The summed E-state index contributed by atoms with van der Waals surface area (Å²) in [6.45, 7) is 0.497. The highest BCUT2D eigenvalue weighted by molar-refractivity contribution is 7.89. The summed E-state index contributed by atoms with van der Waals surface area (Å²) in [6, 6.07) is 18.1. The lowest BCUT2D eigenvalue weighted by Gasteiger charge is -2.17. The van der Waals surface area contributed by atoms with Gasteiger partial charge in [-0.15, -0.1) is 0 Å². The van der Waals surface area contributed by atoms with Crippen molar-refractivity contribution in [3.63, 3.8) is 0 Å². The average Bonchev–Trinajstić information content (AvgIpc) is 3.24. The predicted octanol–water partition coefficient (Wildman–Crippen LogP) is 2.46. The third-order valence-corrected chi connectivity index (χ3v) is 7.18. The first-order chi connectivity index (χ1) is 14.4. The maximum absolute atomic E-state index is 13.2. The summed E-state index contributed by atoms with van der Waals surface area (Å²) in [5, 5.41) is 2.30. The quantitative estimate of drug-likeness (QED) is 0.532. The fourth-order valence-electron chi connectivity index (χ4n) is 3.87. The number of fused-ring (bicyclic) bond motifs is 2. The number of aromatic amines is 2. The third-order valence-electron chi connectivity index (χ3n) is 5.37. The largest absolute Gasteiger partial charge is 0.326 e. The van der Waals surface area contributed by atoms with E-state index in [4.69, 9.17) is 0 Å². The molecule has 0 fully saturated rings. The molecular weight excluding hydrogens is 402 g/mol. The minimum Gasteiger partial charge on any atom is -0.307 e. The number of benzene rings is 3. The Morgan fingerprint density at radius 2 is 1.67 bits per heavy atom. The van der Waals surface area contributed by atoms with Gasteiger partial charge in [-0.3, -0.25) is 9.78 Å². The molecule has 1 aliphatic heterocycles. The Morgan fingerprint density at radius 1 is 0.867 bits per heavy atom. The molecule has 1 aromatic heterocycles. The van der Waals surface area contributed by atoms with Crippen molar-refractivity contribution < 1.29 is 8.42 Å². The minimum absolute atomic E-state index is 0.0140. The Balaban J connectivity index is 1.50. The van der Waals surface area contributed by atoms with Crippen LogP contribution in [0.15, 0.2) is 81.2 Å². The molecule has 0 atom stereocenters. The molecule has 2 N–H and O–H groups in total. The van der Waals surface area contributed by atoms with Gasteiger partial charge >= 0.3 is 5.69 Å². The van der Waals surface area contributed by atoms with E-state index in [0.717, 1.165) is 21.9 Å². The van der Waals surface area contributed by atoms with Gasteiger partial charge in [0.2, 0.25) is 10.0 Å². The van der Waals surface area contributed by atoms with Crippen LogP contribution in [0.1, 0.15) is 5.56 Å². The monoisotopic (exact) mass is 419 g/mol. The standard InChI is InChI=1S/C22H17N3O4S/c26-21-19-12-16(8-9-20(19)23-22(27)24-21)30(28,29)25-11-10-15(13-25)18-7-3-5-14-4-1-2-6-17(14)18/h1-10,12H,11,13H2,(H2,23,24,26,27). The molecule has 0 unspecified atom stereocenters. The van der Waals surface area contributed by atoms with E-state index in [-0.39, 0.29) is 23.4 Å². The molecule has 5 rings (SSSR count). The molecule has 4 aromatic rings. The third kappa shape index (κ3) is 2.97. The van der Waals surface area contributed by atoms with Crippen LogP contribution in [-0.4, -0.2) is 35.8 Å². The number of aromatic nitrogens is 2. The van der Waals surface area contributed by atoms with Gasteiger partial charge in [0.1, 0.15) is 0 Å². The first kappa shape index (κ1) is 18.5. The lowest BCUT2D eigenvalue weighted by Crippen LogP contribution is -2.29. The van der Waals surface area contributed by atoms with E-state index in [1.807, 2.05) is 48.5 Å². The van der Waals surface area contributed by atoms with Crippen LogP contribution in [0.5, 0.6) is 0 Å². The Morgan fingerprint density at radius 3 is 2.53 bits per heavy atom. The molecule has 0 spiro atoms. The highest BCUT2D eigenvalue weighted by atomic mass is 32.2. The number of nitrogens with zero attached hydrogens (tertiary/aromatic N) is 1. The van der Waals surface area contributed by atoms with E-state index >= 15 is 0 Å². The highest BCUT2D eigenvalue weighted by Gasteiger charge is 2.29. The van der Waals surface area contributed by atoms with Gasteiger partial charge in [0.05, 0.1) is 15.8 Å². The number of nitrogens with one attached hydrogen (secondary N) is 2. The van der Waals surface area contributed by atoms with Gasteiger partial charge in [0, 0.05) is 13.1 Å². The van der Waals surface area contributed by atoms with Crippen LogP contribution in [0.25, 0.3) is 27.2 Å². The smallest absolute Gasteiger partial charge is 0.307 e. The lowest BCUT2D eigenvalue weighted by molar-refractivity contribution is 0.490. The van der Waals surface area contributed by atoms with Crippen LogP contribution in [0, 0.1) is 0 Å². The first-order valence-corrected chi connectivity index (χ1v) is 10.8. The van der Waals surface area contributed by atoms with E-state index in [1.54, 1.807) is 0 Å². The zero-order valence-corrected chi connectivity index (χ0v) is 16.6. The molecule has 8 heteroatoms. The molecular formula is C22H17N3O4S. The van der Waals surface area contributed by atoms with Crippen molar-refractivity contribution in [2.75, 3.05) is 13.1 Å². The van der Waals surface area contributed by atoms with Gasteiger partial charge in [-0.1, -0.05) is 48.5 Å². The van der Waals surface area contributed by atoms with Crippen molar-refractivity contribution in [3.8, 4) is 0 Å². The van der Waals surface area contributed by atoms with Crippen molar-refractivity contribution in [3.05, 3.63) is 93.1 Å². The summed E-state index contributed by atoms with van der Waals surface area (Å²) >= 11 is 0. The Bertz CT molecular complexity index is 1560. The maximum Gasteiger partial charge on any atom is 0.326 e. The molecule has 0 aliphatic carbocycles. The van der Waals surface area contributed by atoms with Gasteiger partial charge < -0.3 is 4.98 Å². The number of rotatable bonds is 3. The van der Waals surface area contributed by atoms with E-state index in [1.165, 1.54) is 22.5 Å². The van der Waals surface area contributed by atoms with Crippen molar-refractivity contribution in [1.29, 1.82) is 0 Å². The second-order valence-electron chi connectivity index (χ2n) is 7.17. The highest BCUT2D eigenvalue weighted by Crippen LogP contribution is 2.31. The molecule has 0 radical (unpaired) electrons. The second kappa shape index (κ2) is 6.79. The van der Waals surface area contributed by atoms with E-state index < -0.39 is 21.3 Å². The van der Waals surface area contributed by atoms with Gasteiger partial charge in [-0.25, -0.2) is 13.2 Å². The summed E-state index contributed by atoms with van der Waals surface area (Å²) in [6.07, 6.45) is 1.92. The molecule has 1 aliphatic rings. The van der Waals surface area contributed by atoms with Crippen LogP contribution >= 0.6 is 0 Å². The number of H-pyrrole nitrogens is 2. The summed E-state index contributed by atoms with van der Waals surface area (Å²) < 4.78 is 27.8. The molecule has 7 nitrogen and oxygen atoms in total. The van der Waals surface area contributed by atoms with E-state index in [9.17, 15) is 18.0 Å². The zero-order valence-electron chi connectivity index (χ0n) is 15.8. The summed E-state index contributed by atoms with van der Waals surface area (Å²) in [4.78, 5) is 28.1. The van der Waals surface area contributed by atoms with Gasteiger partial charge in [-0.2, -0.15) is 4.31 Å². The fraction of sp³-hybridized carbons (Fsp3) is 0.0909.